The van der Waals surface area contributed by atoms with Crippen LogP contribution in [0, 0.1) is 6.92 Å². The van der Waals surface area contributed by atoms with Gasteiger partial charge in [-0.15, -0.1) is 0 Å². The standard InChI is InChI=1S/C16H23O4/c1-5-6-7-8-9-13(17)12-10-14(18-2)16(20-4)15(11-12)19-3/h10-11H,1,5-9H2,2-4H3. The molecule has 0 N–H and O–H groups in total. The van der Waals surface area contributed by atoms with Crippen molar-refractivity contribution in [2.24, 2.45) is 0 Å². The Labute approximate surface area is 121 Å². The summed E-state index contributed by atoms with van der Waals surface area (Å²) in [6, 6.07) is 3.40. The van der Waals surface area contributed by atoms with Gasteiger partial charge in [-0.1, -0.05) is 26.2 Å². The first-order chi connectivity index (χ1) is 9.67. The van der Waals surface area contributed by atoms with Gasteiger partial charge in [0, 0.05) is 12.0 Å². The van der Waals surface area contributed by atoms with Gasteiger partial charge in [0.15, 0.2) is 17.3 Å². The van der Waals surface area contributed by atoms with Crippen LogP contribution >= 0.6 is 0 Å². The zero-order chi connectivity index (χ0) is 15.0. The van der Waals surface area contributed by atoms with E-state index >= 15 is 0 Å². The van der Waals surface area contributed by atoms with E-state index in [9.17, 15) is 4.79 Å². The Morgan fingerprint density at radius 3 is 2.05 bits per heavy atom. The lowest BCUT2D eigenvalue weighted by Crippen LogP contribution is -2.02. The summed E-state index contributed by atoms with van der Waals surface area (Å²) in [5, 5.41) is 0. The number of carbonyl (C=O) groups excluding carboxylic acids is 1. The summed E-state index contributed by atoms with van der Waals surface area (Å²) in [6.07, 6.45) is 4.41. The maximum Gasteiger partial charge on any atom is 0.203 e. The molecule has 0 saturated heterocycles. The molecule has 0 saturated carbocycles. The topological polar surface area (TPSA) is 44.8 Å². The Hall–Kier alpha value is -1.71. The van der Waals surface area contributed by atoms with E-state index in [1.807, 2.05) is 0 Å². The van der Waals surface area contributed by atoms with Crippen molar-refractivity contribution in [1.29, 1.82) is 0 Å². The molecule has 1 aromatic rings. The van der Waals surface area contributed by atoms with Crippen molar-refractivity contribution in [3.05, 3.63) is 24.6 Å². The Balaban J connectivity index is 2.86. The first-order valence-corrected chi connectivity index (χ1v) is 6.80. The molecule has 20 heavy (non-hydrogen) atoms. The second-order valence-electron chi connectivity index (χ2n) is 4.50. The van der Waals surface area contributed by atoms with Crippen LogP contribution in [-0.4, -0.2) is 27.1 Å². The van der Waals surface area contributed by atoms with Gasteiger partial charge < -0.3 is 14.2 Å². The smallest absolute Gasteiger partial charge is 0.203 e. The van der Waals surface area contributed by atoms with Crippen molar-refractivity contribution in [3.63, 3.8) is 0 Å². The van der Waals surface area contributed by atoms with E-state index in [0.717, 1.165) is 25.7 Å². The summed E-state index contributed by atoms with van der Waals surface area (Å²) in [4.78, 5) is 12.2. The number of Topliss-reactive ketones (excluding diaryl/α,β-unsaturated/α-hetero) is 1. The second kappa shape index (κ2) is 8.46. The second-order valence-corrected chi connectivity index (χ2v) is 4.50. The molecule has 0 heterocycles. The summed E-state index contributed by atoms with van der Waals surface area (Å²) in [5.41, 5.74) is 0.592. The van der Waals surface area contributed by atoms with Crippen molar-refractivity contribution in [2.45, 2.75) is 32.1 Å². The lowest BCUT2D eigenvalue weighted by atomic mass is 10.0. The van der Waals surface area contributed by atoms with Crippen molar-refractivity contribution in [2.75, 3.05) is 21.3 Å². The first-order valence-electron chi connectivity index (χ1n) is 6.80. The summed E-state index contributed by atoms with van der Waals surface area (Å²) >= 11 is 0. The maximum atomic E-state index is 12.2. The van der Waals surface area contributed by atoms with Crippen LogP contribution in [0.15, 0.2) is 12.1 Å². The molecule has 0 bridgehead atoms. The average Bonchev–Trinajstić information content (AvgIpc) is 2.49. The number of ether oxygens (including phenoxy) is 3. The van der Waals surface area contributed by atoms with Crippen molar-refractivity contribution < 1.29 is 19.0 Å². The molecule has 0 spiro atoms. The summed E-state index contributed by atoms with van der Waals surface area (Å²) < 4.78 is 15.7. The summed E-state index contributed by atoms with van der Waals surface area (Å²) in [5.74, 6) is 1.61. The molecule has 4 heteroatoms. The SMILES string of the molecule is [CH2]CCCCCC(=O)c1cc(OC)c(OC)c(OC)c1. The highest BCUT2D eigenvalue weighted by atomic mass is 16.5. The predicted molar refractivity (Wildman–Crippen MR) is 78.9 cm³/mol. The quantitative estimate of drug-likeness (QED) is 0.511. The zero-order valence-corrected chi connectivity index (χ0v) is 12.5. The Bertz CT molecular complexity index is 415. The van der Waals surface area contributed by atoms with Crippen LogP contribution in [0.3, 0.4) is 0 Å². The zero-order valence-electron chi connectivity index (χ0n) is 12.5. The van der Waals surface area contributed by atoms with Gasteiger partial charge in [0.05, 0.1) is 21.3 Å². The van der Waals surface area contributed by atoms with Crippen LogP contribution in [0.5, 0.6) is 17.2 Å². The van der Waals surface area contributed by atoms with Crippen LogP contribution in [0.4, 0.5) is 0 Å². The van der Waals surface area contributed by atoms with Gasteiger partial charge in [0.25, 0.3) is 0 Å². The molecule has 0 amide bonds. The van der Waals surface area contributed by atoms with Gasteiger partial charge in [-0.05, 0) is 18.6 Å². The lowest BCUT2D eigenvalue weighted by Gasteiger charge is -2.13. The third-order valence-electron chi connectivity index (χ3n) is 3.14. The molecule has 1 aromatic carbocycles. The lowest BCUT2D eigenvalue weighted by molar-refractivity contribution is 0.0978. The fraction of sp³-hybridized carbons (Fsp3) is 0.500. The minimum absolute atomic E-state index is 0.0910. The molecule has 0 aliphatic carbocycles. The van der Waals surface area contributed by atoms with E-state index in [2.05, 4.69) is 6.92 Å². The highest BCUT2D eigenvalue weighted by Crippen LogP contribution is 2.38. The fourth-order valence-electron chi connectivity index (χ4n) is 2.03. The molecule has 1 rings (SSSR count). The molecule has 0 unspecified atom stereocenters. The number of unbranched alkanes of at least 4 members (excludes halogenated alkanes) is 3. The van der Waals surface area contributed by atoms with Gasteiger partial charge >= 0.3 is 0 Å². The first kappa shape index (κ1) is 16.3. The van der Waals surface area contributed by atoms with Crippen LogP contribution in [-0.2, 0) is 0 Å². The minimum atomic E-state index is 0.0910. The minimum Gasteiger partial charge on any atom is -0.493 e. The van der Waals surface area contributed by atoms with Crippen LogP contribution in [0.25, 0.3) is 0 Å². The third-order valence-corrected chi connectivity index (χ3v) is 3.14. The number of benzene rings is 1. The molecule has 0 fully saturated rings. The molecule has 0 aliphatic heterocycles. The van der Waals surface area contributed by atoms with Gasteiger partial charge in [-0.3, -0.25) is 4.79 Å². The normalized spacial score (nSPS) is 10.2. The van der Waals surface area contributed by atoms with Gasteiger partial charge in [0.2, 0.25) is 5.75 Å². The Kier molecular flexibility index (Phi) is 6.91. The summed E-state index contributed by atoms with van der Waals surface area (Å²) in [6.45, 7) is 3.79. The van der Waals surface area contributed by atoms with E-state index in [-0.39, 0.29) is 5.78 Å². The molecule has 1 radical (unpaired) electrons. The monoisotopic (exact) mass is 279 g/mol. The van der Waals surface area contributed by atoms with Crippen LogP contribution in [0.1, 0.15) is 42.5 Å². The number of rotatable bonds is 9. The van der Waals surface area contributed by atoms with E-state index in [1.54, 1.807) is 33.5 Å². The Morgan fingerprint density at radius 1 is 1.00 bits per heavy atom. The number of methoxy groups -OCH3 is 3. The predicted octanol–water partition coefficient (Wildman–Crippen LogP) is 3.68. The number of hydrogen-bond donors (Lipinski definition) is 0. The highest BCUT2D eigenvalue weighted by molar-refractivity contribution is 5.97. The number of hydrogen-bond acceptors (Lipinski definition) is 4. The molecular formula is C16H23O4. The van der Waals surface area contributed by atoms with E-state index < -0.39 is 0 Å². The van der Waals surface area contributed by atoms with Gasteiger partial charge in [0.1, 0.15) is 0 Å². The summed E-state index contributed by atoms with van der Waals surface area (Å²) in [7, 11) is 4.63. The molecule has 0 aliphatic rings. The van der Waals surface area contributed by atoms with Crippen LogP contribution in [0.2, 0.25) is 0 Å². The molecular weight excluding hydrogens is 256 g/mol. The maximum absolute atomic E-state index is 12.2. The molecule has 111 valence electrons. The van der Waals surface area contributed by atoms with E-state index in [1.165, 1.54) is 0 Å². The van der Waals surface area contributed by atoms with Crippen molar-refractivity contribution in [1.82, 2.24) is 0 Å². The molecule has 0 aromatic heterocycles. The van der Waals surface area contributed by atoms with Crippen molar-refractivity contribution >= 4 is 5.78 Å². The third kappa shape index (κ3) is 4.15. The van der Waals surface area contributed by atoms with Crippen LogP contribution < -0.4 is 14.2 Å². The largest absolute Gasteiger partial charge is 0.493 e. The fourth-order valence-corrected chi connectivity index (χ4v) is 2.03. The number of ketones is 1. The average molecular weight is 279 g/mol. The molecule has 4 nitrogen and oxygen atoms in total. The van der Waals surface area contributed by atoms with Gasteiger partial charge in [-0.25, -0.2) is 0 Å². The van der Waals surface area contributed by atoms with E-state index in [4.69, 9.17) is 14.2 Å². The highest BCUT2D eigenvalue weighted by Gasteiger charge is 2.16. The number of carbonyl (C=O) groups is 1. The molecule has 0 atom stereocenters. The van der Waals surface area contributed by atoms with Crippen molar-refractivity contribution in [3.8, 4) is 17.2 Å². The van der Waals surface area contributed by atoms with Gasteiger partial charge in [-0.2, -0.15) is 0 Å². The Morgan fingerprint density at radius 2 is 1.60 bits per heavy atom. The van der Waals surface area contributed by atoms with E-state index in [0.29, 0.717) is 29.2 Å².